The Morgan fingerprint density at radius 3 is 2.64 bits per heavy atom. The Kier molecular flexibility index (Phi) is 5.22. The molecule has 0 aliphatic carbocycles. The van der Waals surface area contributed by atoms with E-state index in [4.69, 9.17) is 9.84 Å². The number of nitrogens with one attached hydrogen (secondary N) is 1. The maximum atomic E-state index is 8.62. The summed E-state index contributed by atoms with van der Waals surface area (Å²) in [5.74, 6) is 0. The van der Waals surface area contributed by atoms with Crippen LogP contribution in [0.15, 0.2) is 30.3 Å². The molecular formula is C11H17NO2. The van der Waals surface area contributed by atoms with Crippen molar-refractivity contribution in [2.24, 2.45) is 0 Å². The van der Waals surface area contributed by atoms with Crippen LogP contribution in [0.5, 0.6) is 0 Å². The van der Waals surface area contributed by atoms with Gasteiger partial charge in [0.2, 0.25) is 0 Å². The van der Waals surface area contributed by atoms with E-state index in [1.165, 1.54) is 0 Å². The summed E-state index contributed by atoms with van der Waals surface area (Å²) in [6.45, 7) is 1.49. The lowest BCUT2D eigenvalue weighted by Gasteiger charge is -2.15. The molecule has 0 saturated heterocycles. The highest BCUT2D eigenvalue weighted by atomic mass is 16.5. The van der Waals surface area contributed by atoms with E-state index in [9.17, 15) is 0 Å². The predicted molar refractivity (Wildman–Crippen MR) is 56.1 cm³/mol. The molecule has 0 aromatic heterocycles. The molecule has 1 aromatic rings. The van der Waals surface area contributed by atoms with E-state index in [0.29, 0.717) is 6.54 Å². The molecule has 3 nitrogen and oxygen atoms in total. The molecule has 14 heavy (non-hydrogen) atoms. The van der Waals surface area contributed by atoms with Gasteiger partial charge in [0.05, 0.1) is 12.7 Å². The van der Waals surface area contributed by atoms with E-state index in [0.717, 1.165) is 12.1 Å². The first-order chi connectivity index (χ1) is 6.88. The van der Waals surface area contributed by atoms with Crippen LogP contribution in [0.3, 0.4) is 0 Å². The van der Waals surface area contributed by atoms with Gasteiger partial charge in [0.15, 0.2) is 0 Å². The van der Waals surface area contributed by atoms with Gasteiger partial charge in [-0.3, -0.25) is 0 Å². The van der Waals surface area contributed by atoms with Gasteiger partial charge in [-0.25, -0.2) is 0 Å². The smallest absolute Gasteiger partial charge is 0.0945 e. The van der Waals surface area contributed by atoms with Crippen LogP contribution in [0.1, 0.15) is 11.7 Å². The van der Waals surface area contributed by atoms with Crippen molar-refractivity contribution in [3.8, 4) is 0 Å². The Hall–Kier alpha value is -0.900. The van der Waals surface area contributed by atoms with Gasteiger partial charge >= 0.3 is 0 Å². The zero-order valence-electron chi connectivity index (χ0n) is 8.44. The molecule has 0 spiro atoms. The van der Waals surface area contributed by atoms with Gasteiger partial charge in [-0.1, -0.05) is 30.3 Å². The van der Waals surface area contributed by atoms with Crippen molar-refractivity contribution in [1.82, 2.24) is 5.32 Å². The Balaban J connectivity index is 2.46. The monoisotopic (exact) mass is 195 g/mol. The lowest BCUT2D eigenvalue weighted by molar-refractivity contribution is 0.101. The molecule has 78 valence electrons. The number of benzene rings is 1. The lowest BCUT2D eigenvalue weighted by atomic mass is 10.1. The molecule has 2 N–H and O–H groups in total. The van der Waals surface area contributed by atoms with Gasteiger partial charge in [-0.05, 0) is 5.56 Å². The summed E-state index contributed by atoms with van der Waals surface area (Å²) < 4.78 is 5.34. The number of hydrogen-bond donors (Lipinski definition) is 2. The second-order valence-electron chi connectivity index (χ2n) is 3.06. The standard InChI is InChI=1S/C11H17NO2/c1-14-11(9-12-7-8-13)10-5-3-2-4-6-10/h2-6,11-13H,7-9H2,1H3. The van der Waals surface area contributed by atoms with E-state index < -0.39 is 0 Å². The Labute approximate surface area is 84.7 Å². The molecule has 0 fully saturated rings. The first kappa shape index (κ1) is 11.2. The van der Waals surface area contributed by atoms with E-state index in [2.05, 4.69) is 5.32 Å². The minimum Gasteiger partial charge on any atom is -0.395 e. The third-order valence-corrected chi connectivity index (χ3v) is 2.07. The number of methoxy groups -OCH3 is 1. The second kappa shape index (κ2) is 6.54. The van der Waals surface area contributed by atoms with Gasteiger partial charge in [0.1, 0.15) is 0 Å². The van der Waals surface area contributed by atoms with E-state index in [1.807, 2.05) is 30.3 Å². The van der Waals surface area contributed by atoms with Crippen LogP contribution in [-0.2, 0) is 4.74 Å². The normalized spacial score (nSPS) is 12.7. The molecule has 1 unspecified atom stereocenters. The van der Waals surface area contributed by atoms with Gasteiger partial charge in [-0.15, -0.1) is 0 Å². The van der Waals surface area contributed by atoms with Crippen molar-refractivity contribution in [3.05, 3.63) is 35.9 Å². The maximum Gasteiger partial charge on any atom is 0.0945 e. The van der Waals surface area contributed by atoms with Crippen molar-refractivity contribution in [2.75, 3.05) is 26.8 Å². The summed E-state index contributed by atoms with van der Waals surface area (Å²) in [5, 5.41) is 11.7. The average molecular weight is 195 g/mol. The van der Waals surface area contributed by atoms with E-state index in [-0.39, 0.29) is 12.7 Å². The molecule has 0 heterocycles. The molecule has 1 aromatic carbocycles. The second-order valence-corrected chi connectivity index (χ2v) is 3.06. The number of rotatable bonds is 6. The minimum atomic E-state index is 0.0581. The van der Waals surface area contributed by atoms with Crippen LogP contribution in [0.25, 0.3) is 0 Å². The third-order valence-electron chi connectivity index (χ3n) is 2.07. The Bertz CT molecular complexity index is 238. The van der Waals surface area contributed by atoms with Crippen LogP contribution < -0.4 is 5.32 Å². The van der Waals surface area contributed by atoms with Crippen molar-refractivity contribution in [1.29, 1.82) is 0 Å². The van der Waals surface area contributed by atoms with Crippen LogP contribution in [0, 0.1) is 0 Å². The van der Waals surface area contributed by atoms with Crippen LogP contribution in [0.2, 0.25) is 0 Å². The third kappa shape index (κ3) is 3.46. The summed E-state index contributed by atoms with van der Waals surface area (Å²) in [4.78, 5) is 0. The highest BCUT2D eigenvalue weighted by molar-refractivity contribution is 5.17. The predicted octanol–water partition coefficient (Wildman–Crippen LogP) is 0.956. The zero-order chi connectivity index (χ0) is 10.2. The molecule has 1 rings (SSSR count). The van der Waals surface area contributed by atoms with Crippen molar-refractivity contribution in [3.63, 3.8) is 0 Å². The molecule has 0 bridgehead atoms. The number of ether oxygens (including phenoxy) is 1. The number of aliphatic hydroxyl groups is 1. The van der Waals surface area contributed by atoms with Gasteiger partial charge in [0, 0.05) is 20.2 Å². The zero-order valence-corrected chi connectivity index (χ0v) is 8.44. The summed E-state index contributed by atoms with van der Waals surface area (Å²) in [5.41, 5.74) is 1.15. The molecule has 0 amide bonds. The molecule has 0 radical (unpaired) electrons. The number of aliphatic hydroxyl groups excluding tert-OH is 1. The van der Waals surface area contributed by atoms with Crippen molar-refractivity contribution >= 4 is 0 Å². The lowest BCUT2D eigenvalue weighted by Crippen LogP contribution is -2.25. The molecule has 1 atom stereocenters. The van der Waals surface area contributed by atoms with Crippen LogP contribution in [0.4, 0.5) is 0 Å². The fourth-order valence-electron chi connectivity index (χ4n) is 1.32. The minimum absolute atomic E-state index is 0.0581. The average Bonchev–Trinajstić information content (AvgIpc) is 2.26. The molecule has 0 saturated carbocycles. The van der Waals surface area contributed by atoms with E-state index in [1.54, 1.807) is 7.11 Å². The van der Waals surface area contributed by atoms with Crippen molar-refractivity contribution in [2.45, 2.75) is 6.10 Å². The number of hydrogen-bond acceptors (Lipinski definition) is 3. The summed E-state index contributed by atoms with van der Waals surface area (Å²) >= 11 is 0. The van der Waals surface area contributed by atoms with Gasteiger partial charge in [-0.2, -0.15) is 0 Å². The fourth-order valence-corrected chi connectivity index (χ4v) is 1.32. The first-order valence-corrected chi connectivity index (χ1v) is 4.77. The topological polar surface area (TPSA) is 41.5 Å². The van der Waals surface area contributed by atoms with Gasteiger partial charge in [0.25, 0.3) is 0 Å². The quantitative estimate of drug-likeness (QED) is 0.664. The highest BCUT2D eigenvalue weighted by Gasteiger charge is 2.08. The largest absolute Gasteiger partial charge is 0.395 e. The SMILES string of the molecule is COC(CNCCO)c1ccccc1. The van der Waals surface area contributed by atoms with Crippen LogP contribution >= 0.6 is 0 Å². The van der Waals surface area contributed by atoms with E-state index >= 15 is 0 Å². The van der Waals surface area contributed by atoms with Crippen LogP contribution in [-0.4, -0.2) is 31.9 Å². The summed E-state index contributed by atoms with van der Waals surface area (Å²) in [7, 11) is 1.69. The fraction of sp³-hybridized carbons (Fsp3) is 0.455. The Morgan fingerprint density at radius 2 is 2.07 bits per heavy atom. The highest BCUT2D eigenvalue weighted by Crippen LogP contribution is 2.14. The molecule has 0 aliphatic rings. The molecule has 0 aliphatic heterocycles. The van der Waals surface area contributed by atoms with Crippen molar-refractivity contribution < 1.29 is 9.84 Å². The van der Waals surface area contributed by atoms with Gasteiger partial charge < -0.3 is 15.2 Å². The molecular weight excluding hydrogens is 178 g/mol. The molecule has 3 heteroatoms. The maximum absolute atomic E-state index is 8.62. The summed E-state index contributed by atoms with van der Waals surface area (Å²) in [6, 6.07) is 10.0. The first-order valence-electron chi connectivity index (χ1n) is 4.77. The Morgan fingerprint density at radius 1 is 1.36 bits per heavy atom. The summed E-state index contributed by atoms with van der Waals surface area (Å²) in [6.07, 6.45) is 0.0581.